The molecule has 0 amide bonds. The molecule has 1 aromatic heterocycles. The molecule has 0 saturated heterocycles. The molecule has 2 aromatic rings. The van der Waals surface area contributed by atoms with Gasteiger partial charge in [-0.2, -0.15) is 13.2 Å². The molecule has 0 radical (unpaired) electrons. The van der Waals surface area contributed by atoms with Crippen molar-refractivity contribution >= 4 is 5.82 Å². The first-order valence-electron chi connectivity index (χ1n) is 6.32. The molecular weight excluding hydrogens is 288 g/mol. The van der Waals surface area contributed by atoms with Crippen LogP contribution in [-0.2, 0) is 12.6 Å². The molecule has 2 N–H and O–H groups in total. The first-order valence-corrected chi connectivity index (χ1v) is 6.32. The Morgan fingerprint density at radius 3 is 2.52 bits per heavy atom. The van der Waals surface area contributed by atoms with Crippen LogP contribution in [0.15, 0.2) is 22.7 Å². The first kappa shape index (κ1) is 15.3. The van der Waals surface area contributed by atoms with Gasteiger partial charge in [-0.1, -0.05) is 25.1 Å². The number of hydrogen-bond acceptors (Lipinski definition) is 3. The number of hydrogen-bond donors (Lipinski definition) is 1. The third-order valence-corrected chi connectivity index (χ3v) is 2.98. The fourth-order valence-electron chi connectivity index (χ4n) is 2.06. The molecule has 0 aliphatic carbocycles. The second kappa shape index (κ2) is 5.38. The zero-order valence-electron chi connectivity index (χ0n) is 11.5. The number of benzene rings is 1. The fourth-order valence-corrected chi connectivity index (χ4v) is 2.06. The summed E-state index contributed by atoms with van der Waals surface area (Å²) in [5.41, 5.74) is 4.44. The van der Waals surface area contributed by atoms with Crippen molar-refractivity contribution in [2.75, 3.05) is 5.73 Å². The summed E-state index contributed by atoms with van der Waals surface area (Å²) in [4.78, 5) is 0. The second-order valence-corrected chi connectivity index (χ2v) is 5.14. The first-order chi connectivity index (χ1) is 9.71. The lowest BCUT2D eigenvalue weighted by Crippen LogP contribution is -2.09. The number of anilines is 1. The molecule has 21 heavy (non-hydrogen) atoms. The molecule has 0 aliphatic rings. The van der Waals surface area contributed by atoms with Gasteiger partial charge in [-0.25, -0.2) is 4.39 Å². The van der Waals surface area contributed by atoms with E-state index in [1.54, 1.807) is 0 Å². The second-order valence-electron chi connectivity index (χ2n) is 5.14. The van der Waals surface area contributed by atoms with Crippen molar-refractivity contribution in [2.45, 2.75) is 26.4 Å². The number of nitrogens with zero attached hydrogens (tertiary/aromatic N) is 1. The van der Waals surface area contributed by atoms with E-state index in [9.17, 15) is 17.6 Å². The Kier molecular flexibility index (Phi) is 3.93. The number of aromatic nitrogens is 1. The molecule has 2 rings (SSSR count). The monoisotopic (exact) mass is 302 g/mol. The van der Waals surface area contributed by atoms with E-state index in [0.29, 0.717) is 18.1 Å². The molecule has 0 atom stereocenters. The van der Waals surface area contributed by atoms with Gasteiger partial charge < -0.3 is 10.3 Å². The Hall–Kier alpha value is -2.05. The minimum atomic E-state index is -4.77. The average molecular weight is 302 g/mol. The Labute approximate surface area is 118 Å². The summed E-state index contributed by atoms with van der Waals surface area (Å²) in [5.74, 6) is -1.20. The van der Waals surface area contributed by atoms with Gasteiger partial charge in [0.1, 0.15) is 5.82 Å². The lowest BCUT2D eigenvalue weighted by molar-refractivity contribution is -0.139. The van der Waals surface area contributed by atoms with E-state index in [1.165, 1.54) is 6.07 Å². The Bertz CT molecular complexity index is 647. The van der Waals surface area contributed by atoms with Crippen LogP contribution in [0, 0.1) is 11.7 Å². The Morgan fingerprint density at radius 1 is 1.29 bits per heavy atom. The maximum atomic E-state index is 14.1. The van der Waals surface area contributed by atoms with Crippen LogP contribution in [0.25, 0.3) is 11.3 Å². The summed E-state index contributed by atoms with van der Waals surface area (Å²) in [7, 11) is 0. The molecule has 1 heterocycles. The van der Waals surface area contributed by atoms with Gasteiger partial charge in [0.2, 0.25) is 0 Å². The van der Waals surface area contributed by atoms with Crippen molar-refractivity contribution in [2.24, 2.45) is 5.92 Å². The maximum Gasteiger partial charge on any atom is 0.419 e. The molecule has 3 nitrogen and oxygen atoms in total. The molecule has 7 heteroatoms. The highest BCUT2D eigenvalue weighted by Crippen LogP contribution is 2.37. The van der Waals surface area contributed by atoms with Crippen LogP contribution in [0.4, 0.5) is 23.4 Å². The van der Waals surface area contributed by atoms with Gasteiger partial charge in [-0.3, -0.25) is 0 Å². The number of nitrogens with two attached hydrogens (primary N) is 1. The highest BCUT2D eigenvalue weighted by molar-refractivity contribution is 5.67. The maximum absolute atomic E-state index is 14.1. The molecule has 0 fully saturated rings. The van der Waals surface area contributed by atoms with Gasteiger partial charge in [0, 0.05) is 5.56 Å². The van der Waals surface area contributed by atoms with Crippen LogP contribution in [0.3, 0.4) is 0 Å². The summed E-state index contributed by atoms with van der Waals surface area (Å²) in [5, 5.41) is 3.53. The van der Waals surface area contributed by atoms with Crippen molar-refractivity contribution < 1.29 is 22.1 Å². The van der Waals surface area contributed by atoms with Gasteiger partial charge in [-0.15, -0.1) is 0 Å². The minimum absolute atomic E-state index is 0.0511. The lowest BCUT2D eigenvalue weighted by Gasteiger charge is -2.11. The fraction of sp³-hybridized carbons (Fsp3) is 0.357. The molecule has 114 valence electrons. The number of halogens is 4. The third-order valence-electron chi connectivity index (χ3n) is 2.98. The zero-order valence-corrected chi connectivity index (χ0v) is 11.5. The lowest BCUT2D eigenvalue weighted by atomic mass is 9.98. The standard InChI is InChI=1S/C14H14F4N2O/c1-7(2)6-9-12(21-20-13(9)19)8-4-3-5-10(11(8)15)14(16,17)18/h3-5,7H,6H2,1-2H3,(H2,19,20). The van der Waals surface area contributed by atoms with E-state index >= 15 is 0 Å². The SMILES string of the molecule is CC(C)Cc1c(N)noc1-c1cccc(C(F)(F)F)c1F. The minimum Gasteiger partial charge on any atom is -0.381 e. The summed E-state index contributed by atoms with van der Waals surface area (Å²) >= 11 is 0. The summed E-state index contributed by atoms with van der Waals surface area (Å²) in [6.07, 6.45) is -4.34. The van der Waals surface area contributed by atoms with Crippen molar-refractivity contribution in [3.05, 3.63) is 35.1 Å². The van der Waals surface area contributed by atoms with Gasteiger partial charge in [-0.05, 0) is 24.5 Å². The molecule has 0 saturated carbocycles. The highest BCUT2D eigenvalue weighted by atomic mass is 19.4. The van der Waals surface area contributed by atoms with Crippen LogP contribution < -0.4 is 5.73 Å². The topological polar surface area (TPSA) is 52.0 Å². The predicted molar refractivity (Wildman–Crippen MR) is 69.9 cm³/mol. The van der Waals surface area contributed by atoms with E-state index in [2.05, 4.69) is 5.16 Å². The summed E-state index contributed by atoms with van der Waals surface area (Å²) in [6, 6.07) is 3.02. The highest BCUT2D eigenvalue weighted by Gasteiger charge is 2.36. The summed E-state index contributed by atoms with van der Waals surface area (Å²) < 4.78 is 57.3. The smallest absolute Gasteiger partial charge is 0.381 e. The van der Waals surface area contributed by atoms with Gasteiger partial charge in [0.15, 0.2) is 11.6 Å². The Morgan fingerprint density at radius 2 is 1.95 bits per heavy atom. The van der Waals surface area contributed by atoms with Crippen LogP contribution in [-0.4, -0.2) is 5.16 Å². The van der Waals surface area contributed by atoms with Crippen LogP contribution >= 0.6 is 0 Å². The number of rotatable bonds is 3. The van der Waals surface area contributed by atoms with E-state index in [-0.39, 0.29) is 23.1 Å². The van der Waals surface area contributed by atoms with Crippen molar-refractivity contribution in [3.8, 4) is 11.3 Å². The Balaban J connectivity index is 2.58. The quantitative estimate of drug-likeness (QED) is 0.861. The van der Waals surface area contributed by atoms with Crippen molar-refractivity contribution in [1.82, 2.24) is 5.16 Å². The van der Waals surface area contributed by atoms with Gasteiger partial charge >= 0.3 is 6.18 Å². The normalized spacial score (nSPS) is 12.1. The van der Waals surface area contributed by atoms with Crippen LogP contribution in [0.5, 0.6) is 0 Å². The van der Waals surface area contributed by atoms with Gasteiger partial charge in [0.05, 0.1) is 11.1 Å². The van der Waals surface area contributed by atoms with Crippen molar-refractivity contribution in [1.29, 1.82) is 0 Å². The molecular formula is C14H14F4N2O. The van der Waals surface area contributed by atoms with E-state index in [0.717, 1.165) is 6.07 Å². The molecule has 0 spiro atoms. The molecule has 0 unspecified atom stereocenters. The average Bonchev–Trinajstić information content (AvgIpc) is 2.69. The van der Waals surface area contributed by atoms with Crippen molar-refractivity contribution in [3.63, 3.8) is 0 Å². The molecule has 0 bridgehead atoms. The predicted octanol–water partition coefficient (Wildman–Crippen LogP) is 4.28. The van der Waals surface area contributed by atoms with Crippen LogP contribution in [0.2, 0.25) is 0 Å². The molecule has 1 aromatic carbocycles. The van der Waals surface area contributed by atoms with E-state index < -0.39 is 17.6 Å². The largest absolute Gasteiger partial charge is 0.419 e. The van der Waals surface area contributed by atoms with E-state index in [4.69, 9.17) is 10.3 Å². The number of nitrogen functional groups attached to an aromatic ring is 1. The summed E-state index contributed by atoms with van der Waals surface area (Å²) in [6.45, 7) is 3.80. The zero-order chi connectivity index (χ0) is 15.8. The third kappa shape index (κ3) is 3.01. The van der Waals surface area contributed by atoms with Gasteiger partial charge in [0.25, 0.3) is 0 Å². The van der Waals surface area contributed by atoms with Crippen LogP contribution in [0.1, 0.15) is 25.0 Å². The molecule has 0 aliphatic heterocycles. The number of alkyl halides is 3. The van der Waals surface area contributed by atoms with E-state index in [1.807, 2.05) is 13.8 Å².